The zero-order valence-electron chi connectivity index (χ0n) is 13.1. The van der Waals surface area contributed by atoms with Crippen LogP contribution in [0.4, 0.5) is 5.69 Å². The molecule has 1 aromatic heterocycles. The van der Waals surface area contributed by atoms with E-state index >= 15 is 0 Å². The number of guanidine groups is 1. The molecule has 116 valence electrons. The molecule has 0 bridgehead atoms. The summed E-state index contributed by atoms with van der Waals surface area (Å²) in [4.78, 5) is 4.41. The fourth-order valence-corrected chi connectivity index (χ4v) is 2.92. The predicted octanol–water partition coefficient (Wildman–Crippen LogP) is 2.96. The molecule has 22 heavy (non-hydrogen) atoms. The number of aromatic nitrogens is 1. The van der Waals surface area contributed by atoms with Gasteiger partial charge in [0.15, 0.2) is 5.96 Å². The summed E-state index contributed by atoms with van der Waals surface area (Å²) in [6.45, 7) is 4.44. The second-order valence-electron chi connectivity index (χ2n) is 5.68. The lowest BCUT2D eigenvalue weighted by Gasteiger charge is -2.08. The number of nitrogens with two attached hydrogens (primary N) is 1. The fourth-order valence-electron chi connectivity index (χ4n) is 2.92. The van der Waals surface area contributed by atoms with Gasteiger partial charge in [-0.05, 0) is 55.9 Å². The highest BCUT2D eigenvalue weighted by Gasteiger charge is 2.12. The van der Waals surface area contributed by atoms with Crippen LogP contribution in [-0.2, 0) is 25.8 Å². The third kappa shape index (κ3) is 2.98. The normalized spacial score (nSPS) is 14.2. The fraction of sp³-hybridized carbons (Fsp3) is 0.412. The first-order chi connectivity index (χ1) is 10.7. The molecule has 0 saturated carbocycles. The molecule has 1 aliphatic rings. The van der Waals surface area contributed by atoms with Gasteiger partial charge in [-0.2, -0.15) is 0 Å². The molecule has 2 aromatic rings. The van der Waals surface area contributed by atoms with Gasteiger partial charge in [0.25, 0.3) is 0 Å². The number of benzene rings is 1. The maximum atomic E-state index is 6.00. The maximum absolute atomic E-state index is 6.00. The lowest BCUT2D eigenvalue weighted by atomic mass is 10.1. The van der Waals surface area contributed by atoms with E-state index in [9.17, 15) is 0 Å². The van der Waals surface area contributed by atoms with E-state index in [1.165, 1.54) is 24.0 Å². The Bertz CT molecular complexity index is 703. The van der Waals surface area contributed by atoms with Gasteiger partial charge < -0.3 is 15.6 Å². The number of aryl methyl sites for hydroxylation is 4. The van der Waals surface area contributed by atoms with Crippen LogP contribution in [0.25, 0.3) is 0 Å². The maximum Gasteiger partial charge on any atom is 0.193 e. The van der Waals surface area contributed by atoms with Crippen LogP contribution in [0.5, 0.6) is 0 Å². The average molecular weight is 298 g/mol. The Kier molecular flexibility index (Phi) is 4.13. The Hall–Kier alpha value is -2.30. The smallest absolute Gasteiger partial charge is 0.193 e. The van der Waals surface area contributed by atoms with Gasteiger partial charge in [0.1, 0.15) is 5.76 Å². The Morgan fingerprint density at radius 1 is 1.36 bits per heavy atom. The first kappa shape index (κ1) is 14.6. The molecule has 0 aliphatic heterocycles. The number of rotatable bonds is 4. The highest BCUT2D eigenvalue weighted by atomic mass is 16.5. The number of anilines is 1. The number of fused-ring (bicyclic) bond motifs is 1. The van der Waals surface area contributed by atoms with Crippen molar-refractivity contribution >= 4 is 11.6 Å². The summed E-state index contributed by atoms with van der Waals surface area (Å²) in [5.74, 6) is 1.23. The van der Waals surface area contributed by atoms with Crippen molar-refractivity contribution in [3.63, 3.8) is 0 Å². The molecular weight excluding hydrogens is 276 g/mol. The van der Waals surface area contributed by atoms with Crippen molar-refractivity contribution < 1.29 is 4.52 Å². The number of nitrogens with zero attached hydrogens (tertiary/aromatic N) is 2. The number of hydrogen-bond acceptors (Lipinski definition) is 3. The molecule has 0 radical (unpaired) electrons. The number of nitrogens with one attached hydrogen (secondary N) is 1. The van der Waals surface area contributed by atoms with E-state index in [4.69, 9.17) is 10.3 Å². The van der Waals surface area contributed by atoms with Crippen LogP contribution in [-0.4, -0.2) is 11.1 Å². The van der Waals surface area contributed by atoms with E-state index < -0.39 is 0 Å². The molecule has 5 heteroatoms. The second kappa shape index (κ2) is 6.22. The number of hydrogen-bond donors (Lipinski definition) is 2. The van der Waals surface area contributed by atoms with Crippen LogP contribution >= 0.6 is 0 Å². The Labute approximate surface area is 130 Å². The molecule has 3 rings (SSSR count). The first-order valence-corrected chi connectivity index (χ1v) is 7.80. The van der Waals surface area contributed by atoms with Gasteiger partial charge in [-0.3, -0.25) is 0 Å². The topological polar surface area (TPSA) is 76.4 Å². The zero-order valence-corrected chi connectivity index (χ0v) is 13.1. The second-order valence-corrected chi connectivity index (χ2v) is 5.68. The average Bonchev–Trinajstić information content (AvgIpc) is 3.11. The standard InChI is InChI=1S/C17H22N4O/c1-3-16-15(11(2)22-21-16)10-19-17(18)20-14-8-7-12-5-4-6-13(12)9-14/h7-9H,3-6,10H2,1-2H3,(H3,18,19,20). The van der Waals surface area contributed by atoms with E-state index in [2.05, 4.69) is 40.6 Å². The minimum Gasteiger partial charge on any atom is -0.370 e. The molecule has 0 fully saturated rings. The van der Waals surface area contributed by atoms with Gasteiger partial charge in [0.2, 0.25) is 0 Å². The van der Waals surface area contributed by atoms with Crippen LogP contribution < -0.4 is 11.1 Å². The quantitative estimate of drug-likeness (QED) is 0.672. The molecule has 1 heterocycles. The Morgan fingerprint density at radius 3 is 3.00 bits per heavy atom. The summed E-state index contributed by atoms with van der Waals surface area (Å²) < 4.78 is 5.21. The number of aliphatic imine (C=N–C) groups is 1. The summed E-state index contributed by atoms with van der Waals surface area (Å²) in [7, 11) is 0. The van der Waals surface area contributed by atoms with Crippen molar-refractivity contribution in [3.05, 3.63) is 46.3 Å². The van der Waals surface area contributed by atoms with Crippen molar-refractivity contribution in [1.29, 1.82) is 0 Å². The summed E-state index contributed by atoms with van der Waals surface area (Å²) in [6.07, 6.45) is 4.42. The molecule has 0 atom stereocenters. The van der Waals surface area contributed by atoms with E-state index in [1.54, 1.807) is 0 Å². The molecule has 5 nitrogen and oxygen atoms in total. The first-order valence-electron chi connectivity index (χ1n) is 7.80. The highest BCUT2D eigenvalue weighted by Crippen LogP contribution is 2.24. The third-order valence-corrected chi connectivity index (χ3v) is 4.18. The van der Waals surface area contributed by atoms with Crippen LogP contribution in [0.15, 0.2) is 27.7 Å². The molecule has 0 unspecified atom stereocenters. The van der Waals surface area contributed by atoms with Crippen molar-refractivity contribution in [2.75, 3.05) is 5.32 Å². The summed E-state index contributed by atoms with van der Waals surface area (Å²) in [5, 5.41) is 7.20. The lowest BCUT2D eigenvalue weighted by molar-refractivity contribution is 0.390. The Balaban J connectivity index is 1.68. The third-order valence-electron chi connectivity index (χ3n) is 4.18. The monoisotopic (exact) mass is 298 g/mol. The molecule has 1 aliphatic carbocycles. The minimum atomic E-state index is 0.417. The van der Waals surface area contributed by atoms with E-state index in [0.29, 0.717) is 12.5 Å². The van der Waals surface area contributed by atoms with Crippen molar-refractivity contribution in [2.45, 2.75) is 46.1 Å². The van der Waals surface area contributed by atoms with Crippen molar-refractivity contribution in [2.24, 2.45) is 10.7 Å². The molecule has 0 saturated heterocycles. The molecular formula is C17H22N4O. The summed E-state index contributed by atoms with van der Waals surface area (Å²) >= 11 is 0. The van der Waals surface area contributed by atoms with Gasteiger partial charge in [-0.1, -0.05) is 18.1 Å². The van der Waals surface area contributed by atoms with Crippen LogP contribution in [0.2, 0.25) is 0 Å². The van der Waals surface area contributed by atoms with Gasteiger partial charge in [0.05, 0.1) is 12.2 Å². The van der Waals surface area contributed by atoms with Crippen molar-refractivity contribution in [1.82, 2.24) is 5.16 Å². The van der Waals surface area contributed by atoms with Crippen LogP contribution in [0.1, 0.15) is 41.5 Å². The largest absolute Gasteiger partial charge is 0.370 e. The Morgan fingerprint density at radius 2 is 2.18 bits per heavy atom. The van der Waals surface area contributed by atoms with E-state index in [-0.39, 0.29) is 0 Å². The van der Waals surface area contributed by atoms with Gasteiger partial charge >= 0.3 is 0 Å². The molecule has 0 amide bonds. The van der Waals surface area contributed by atoms with Gasteiger partial charge in [0, 0.05) is 11.3 Å². The van der Waals surface area contributed by atoms with Gasteiger partial charge in [-0.15, -0.1) is 0 Å². The van der Waals surface area contributed by atoms with Gasteiger partial charge in [-0.25, -0.2) is 4.99 Å². The lowest BCUT2D eigenvalue weighted by Crippen LogP contribution is -2.22. The molecule has 3 N–H and O–H groups in total. The molecule has 1 aromatic carbocycles. The SMILES string of the molecule is CCc1noc(C)c1CN=C(N)Nc1ccc2c(c1)CCC2. The van der Waals surface area contributed by atoms with Crippen molar-refractivity contribution in [3.8, 4) is 0 Å². The van der Waals surface area contributed by atoms with E-state index in [1.807, 2.05) is 6.92 Å². The minimum absolute atomic E-state index is 0.417. The summed E-state index contributed by atoms with van der Waals surface area (Å²) in [5.41, 5.74) is 11.8. The van der Waals surface area contributed by atoms with Crippen LogP contribution in [0.3, 0.4) is 0 Å². The highest BCUT2D eigenvalue weighted by molar-refractivity contribution is 5.92. The predicted molar refractivity (Wildman–Crippen MR) is 88.0 cm³/mol. The summed E-state index contributed by atoms with van der Waals surface area (Å²) in [6, 6.07) is 6.42. The van der Waals surface area contributed by atoms with E-state index in [0.717, 1.165) is 35.5 Å². The van der Waals surface area contributed by atoms with Crippen LogP contribution in [0, 0.1) is 6.92 Å². The molecule has 0 spiro atoms. The zero-order chi connectivity index (χ0) is 15.5.